The Morgan fingerprint density at radius 1 is 1.37 bits per heavy atom. The van der Waals surface area contributed by atoms with E-state index in [0.29, 0.717) is 22.6 Å². The average Bonchev–Trinajstić information content (AvgIpc) is 3.10. The maximum atomic E-state index is 13.6. The number of nitrogens with one attached hydrogen (secondary N) is 2. The van der Waals surface area contributed by atoms with Gasteiger partial charge in [0.1, 0.15) is 10.5 Å². The van der Waals surface area contributed by atoms with Gasteiger partial charge >= 0.3 is 0 Å². The lowest BCUT2D eigenvalue weighted by molar-refractivity contribution is -0.115. The summed E-state index contributed by atoms with van der Waals surface area (Å²) in [5.74, 6) is -1.25. The zero-order valence-electron chi connectivity index (χ0n) is 14.6. The first-order valence-corrected chi connectivity index (χ1v) is 8.99. The first-order valence-electron chi connectivity index (χ1n) is 8.11. The van der Waals surface area contributed by atoms with Crippen molar-refractivity contribution >= 4 is 40.7 Å². The van der Waals surface area contributed by atoms with Crippen molar-refractivity contribution in [2.75, 3.05) is 17.7 Å². The van der Waals surface area contributed by atoms with Crippen LogP contribution in [0.3, 0.4) is 0 Å². The normalized spacial score (nSPS) is 12.1. The number of nitrogens with zero attached hydrogens (tertiary/aromatic N) is 5. The number of thioether (sulfide) groups is 1. The van der Waals surface area contributed by atoms with Crippen LogP contribution in [-0.4, -0.2) is 47.7 Å². The van der Waals surface area contributed by atoms with Crippen LogP contribution in [0.5, 0.6) is 5.88 Å². The van der Waals surface area contributed by atoms with Crippen LogP contribution < -0.4 is 15.8 Å². The summed E-state index contributed by atoms with van der Waals surface area (Å²) in [5, 5.41) is 2.55. The van der Waals surface area contributed by atoms with Gasteiger partial charge in [-0.05, 0) is 13.3 Å². The molecule has 0 bridgehead atoms. The lowest BCUT2D eigenvalue weighted by atomic mass is 10.3. The number of imidazole rings is 1. The predicted molar refractivity (Wildman–Crippen MR) is 97.8 cm³/mol. The van der Waals surface area contributed by atoms with Gasteiger partial charge in [0.05, 0.1) is 24.4 Å². The number of anilines is 2. The summed E-state index contributed by atoms with van der Waals surface area (Å²) in [6.45, 7) is 3.79. The molecule has 0 aliphatic carbocycles. The topological polar surface area (TPSA) is 145 Å². The Labute approximate surface area is 157 Å². The number of halogens is 1. The monoisotopic (exact) mass is 392 g/mol. The standard InChI is InChI=1S/C15H17FN8O2S/c1-3-8(27-13-9-10(20-6-19-9)21-14(17)24-13)11(25)22-15-18-5-7(16)12(23-15)26-4-2/h5-6,8H,3-4H2,1-2H3,(H,18,22,23,25)(H3,17,19,20,21,24)/t8-/m1/s1. The average molecular weight is 392 g/mol. The Hall–Kier alpha value is -3.02. The van der Waals surface area contributed by atoms with Crippen LogP contribution in [-0.2, 0) is 4.79 Å². The molecule has 3 aromatic heterocycles. The van der Waals surface area contributed by atoms with E-state index < -0.39 is 11.1 Å². The summed E-state index contributed by atoms with van der Waals surface area (Å²) in [7, 11) is 0. The van der Waals surface area contributed by atoms with Crippen molar-refractivity contribution in [1.82, 2.24) is 29.9 Å². The molecular weight excluding hydrogens is 375 g/mol. The number of nitrogen functional groups attached to an aromatic ring is 1. The second-order valence-electron chi connectivity index (χ2n) is 5.27. The van der Waals surface area contributed by atoms with Crippen LogP contribution in [0.15, 0.2) is 17.6 Å². The van der Waals surface area contributed by atoms with Crippen molar-refractivity contribution in [3.8, 4) is 5.88 Å². The van der Waals surface area contributed by atoms with E-state index in [1.807, 2.05) is 6.92 Å². The molecule has 1 atom stereocenters. The molecule has 0 aromatic carbocycles. The van der Waals surface area contributed by atoms with Gasteiger partial charge in [-0.3, -0.25) is 10.1 Å². The molecule has 0 aliphatic heterocycles. The van der Waals surface area contributed by atoms with Gasteiger partial charge < -0.3 is 15.5 Å². The third kappa shape index (κ3) is 4.22. The molecule has 0 spiro atoms. The molecule has 0 radical (unpaired) electrons. The summed E-state index contributed by atoms with van der Waals surface area (Å²) in [6.07, 6.45) is 2.92. The summed E-state index contributed by atoms with van der Waals surface area (Å²) >= 11 is 1.21. The highest BCUT2D eigenvalue weighted by Gasteiger charge is 2.22. The smallest absolute Gasteiger partial charge is 0.255 e. The van der Waals surface area contributed by atoms with Gasteiger partial charge in [-0.25, -0.2) is 15.0 Å². The highest BCUT2D eigenvalue weighted by Crippen LogP contribution is 2.29. The molecule has 12 heteroatoms. The number of nitrogens with two attached hydrogens (primary N) is 1. The molecular formula is C15H17FN8O2S. The van der Waals surface area contributed by atoms with Crippen LogP contribution in [0.2, 0.25) is 0 Å². The lowest BCUT2D eigenvalue weighted by Crippen LogP contribution is -2.26. The van der Waals surface area contributed by atoms with Crippen LogP contribution in [0.4, 0.5) is 16.3 Å². The predicted octanol–water partition coefficient (Wildman–Crippen LogP) is 1.77. The number of hydrogen-bond acceptors (Lipinski definition) is 9. The van der Waals surface area contributed by atoms with E-state index in [4.69, 9.17) is 10.5 Å². The fourth-order valence-electron chi connectivity index (χ4n) is 2.21. The van der Waals surface area contributed by atoms with Crippen molar-refractivity contribution in [1.29, 1.82) is 0 Å². The van der Waals surface area contributed by atoms with Gasteiger partial charge in [-0.1, -0.05) is 18.7 Å². The minimum Gasteiger partial charge on any atom is -0.476 e. The zero-order chi connectivity index (χ0) is 19.4. The van der Waals surface area contributed by atoms with Gasteiger partial charge in [-0.2, -0.15) is 14.4 Å². The molecule has 142 valence electrons. The molecule has 3 heterocycles. The van der Waals surface area contributed by atoms with Crippen molar-refractivity contribution in [3.63, 3.8) is 0 Å². The summed E-state index contributed by atoms with van der Waals surface area (Å²) in [5.41, 5.74) is 6.72. The van der Waals surface area contributed by atoms with E-state index in [-0.39, 0.29) is 30.3 Å². The number of aromatic nitrogens is 6. The minimum atomic E-state index is -0.700. The molecule has 0 unspecified atom stereocenters. The maximum Gasteiger partial charge on any atom is 0.255 e. The quantitative estimate of drug-likeness (QED) is 0.404. The van der Waals surface area contributed by atoms with Crippen molar-refractivity contribution in [3.05, 3.63) is 18.3 Å². The molecule has 1 amide bonds. The van der Waals surface area contributed by atoms with Gasteiger partial charge in [0.2, 0.25) is 23.6 Å². The van der Waals surface area contributed by atoms with Crippen molar-refractivity contribution < 1.29 is 13.9 Å². The highest BCUT2D eigenvalue weighted by atomic mass is 32.2. The molecule has 0 fully saturated rings. The largest absolute Gasteiger partial charge is 0.476 e. The van der Waals surface area contributed by atoms with E-state index >= 15 is 0 Å². The van der Waals surface area contributed by atoms with Gasteiger partial charge in [-0.15, -0.1) is 0 Å². The number of aromatic amines is 1. The summed E-state index contributed by atoms with van der Waals surface area (Å²) in [4.78, 5) is 35.4. The second-order valence-corrected chi connectivity index (χ2v) is 6.46. The molecule has 0 aliphatic rings. The Kier molecular flexibility index (Phi) is 5.64. The summed E-state index contributed by atoms with van der Waals surface area (Å²) < 4.78 is 18.6. The van der Waals surface area contributed by atoms with Gasteiger partial charge in [0.25, 0.3) is 5.88 Å². The van der Waals surface area contributed by atoms with Crippen molar-refractivity contribution in [2.24, 2.45) is 0 Å². The lowest BCUT2D eigenvalue weighted by Gasteiger charge is -2.14. The fourth-order valence-corrected chi connectivity index (χ4v) is 3.22. The number of ether oxygens (including phenoxy) is 1. The highest BCUT2D eigenvalue weighted by molar-refractivity contribution is 8.00. The molecule has 3 aromatic rings. The molecule has 0 saturated carbocycles. The Morgan fingerprint density at radius 3 is 2.93 bits per heavy atom. The van der Waals surface area contributed by atoms with Crippen LogP contribution in [0.1, 0.15) is 20.3 Å². The summed E-state index contributed by atoms with van der Waals surface area (Å²) in [6, 6.07) is 0. The molecule has 0 saturated heterocycles. The number of amides is 1. The molecule has 10 nitrogen and oxygen atoms in total. The Balaban J connectivity index is 1.78. The van der Waals surface area contributed by atoms with E-state index in [2.05, 4.69) is 35.2 Å². The van der Waals surface area contributed by atoms with E-state index in [1.165, 1.54) is 18.1 Å². The van der Waals surface area contributed by atoms with Crippen LogP contribution >= 0.6 is 11.8 Å². The number of fused-ring (bicyclic) bond motifs is 1. The number of hydrogen-bond donors (Lipinski definition) is 3. The fraction of sp³-hybridized carbons (Fsp3) is 0.333. The van der Waals surface area contributed by atoms with Gasteiger partial charge in [0.15, 0.2) is 5.65 Å². The van der Waals surface area contributed by atoms with Gasteiger partial charge in [0, 0.05) is 0 Å². The van der Waals surface area contributed by atoms with Crippen LogP contribution in [0, 0.1) is 5.82 Å². The molecule has 3 rings (SSSR count). The van der Waals surface area contributed by atoms with E-state index in [1.54, 1.807) is 6.92 Å². The Bertz CT molecular complexity index is 966. The number of rotatable bonds is 7. The third-order valence-electron chi connectivity index (χ3n) is 3.41. The number of carbonyl (C=O) groups is 1. The maximum absolute atomic E-state index is 13.6. The Morgan fingerprint density at radius 2 is 2.19 bits per heavy atom. The van der Waals surface area contributed by atoms with Crippen molar-refractivity contribution in [2.45, 2.75) is 30.5 Å². The van der Waals surface area contributed by atoms with Crippen LogP contribution in [0.25, 0.3) is 11.2 Å². The number of H-pyrrole nitrogens is 1. The molecule has 27 heavy (non-hydrogen) atoms. The SMILES string of the molecule is CCOc1nc(NC(=O)[C@@H](CC)Sc2nc(N)nc3nc[nH]c23)ncc1F. The third-order valence-corrected chi connectivity index (χ3v) is 4.77. The van der Waals surface area contributed by atoms with E-state index in [9.17, 15) is 9.18 Å². The number of carbonyl (C=O) groups excluding carboxylic acids is 1. The first kappa shape index (κ1) is 18.8. The van der Waals surface area contributed by atoms with E-state index in [0.717, 1.165) is 6.20 Å². The zero-order valence-corrected chi connectivity index (χ0v) is 15.4. The first-order chi connectivity index (χ1) is 13.0. The second kappa shape index (κ2) is 8.12. The molecule has 4 N–H and O–H groups in total. The minimum absolute atomic E-state index is 0.0437.